The summed E-state index contributed by atoms with van der Waals surface area (Å²) in [5.41, 5.74) is 0. The summed E-state index contributed by atoms with van der Waals surface area (Å²) in [6.07, 6.45) is 4.65. The third kappa shape index (κ3) is 1.65. The molecule has 0 aliphatic carbocycles. The molecule has 3 heteroatoms. The monoisotopic (exact) mass is 164 g/mol. The fourth-order valence-electron chi connectivity index (χ4n) is 1.28. The summed E-state index contributed by atoms with van der Waals surface area (Å²) in [5.74, 6) is 1.22. The quantitative estimate of drug-likeness (QED) is 0.614. The summed E-state index contributed by atoms with van der Waals surface area (Å²) in [6.45, 7) is 5.98. The average molecular weight is 164 g/mol. The second-order valence-electron chi connectivity index (χ2n) is 2.73. The Hall–Kier alpha value is -1.30. The van der Waals surface area contributed by atoms with Crippen LogP contribution in [0.1, 0.15) is 19.2 Å². The van der Waals surface area contributed by atoms with Crippen LogP contribution in [0.25, 0.3) is 0 Å². The van der Waals surface area contributed by atoms with E-state index in [4.69, 9.17) is 5.26 Å². The van der Waals surface area contributed by atoms with Gasteiger partial charge in [-0.3, -0.25) is 0 Å². The lowest BCUT2D eigenvalue weighted by Gasteiger charge is -1.95. The predicted octanol–water partition coefficient (Wildman–Crippen LogP) is 1.02. The van der Waals surface area contributed by atoms with Gasteiger partial charge in [-0.15, -0.1) is 0 Å². The van der Waals surface area contributed by atoms with Gasteiger partial charge in [0.25, 0.3) is 5.82 Å². The number of rotatable bonds is 3. The van der Waals surface area contributed by atoms with Crippen molar-refractivity contribution >= 4 is 0 Å². The molecule has 0 unspecified atom stereocenters. The van der Waals surface area contributed by atoms with Gasteiger partial charge in [-0.25, -0.2) is 9.13 Å². The molecule has 1 aromatic rings. The van der Waals surface area contributed by atoms with Crippen LogP contribution in [0.3, 0.4) is 0 Å². The molecule has 0 aliphatic heterocycles. The van der Waals surface area contributed by atoms with Crippen LogP contribution in [0.15, 0.2) is 12.4 Å². The first-order valence-corrected chi connectivity index (χ1v) is 4.21. The molecule has 0 aromatic carbocycles. The van der Waals surface area contributed by atoms with E-state index in [0.717, 1.165) is 13.1 Å². The highest BCUT2D eigenvalue weighted by Gasteiger charge is 2.08. The Labute approximate surface area is 72.9 Å². The van der Waals surface area contributed by atoms with Crippen molar-refractivity contribution in [2.45, 2.75) is 33.4 Å². The van der Waals surface area contributed by atoms with E-state index in [2.05, 4.69) is 29.1 Å². The van der Waals surface area contributed by atoms with Crippen molar-refractivity contribution in [3.05, 3.63) is 18.2 Å². The molecule has 1 aromatic heterocycles. The molecule has 0 N–H and O–H groups in total. The Morgan fingerprint density at radius 2 is 2.42 bits per heavy atom. The van der Waals surface area contributed by atoms with Crippen molar-refractivity contribution < 1.29 is 4.57 Å². The molecule has 0 aliphatic rings. The highest BCUT2D eigenvalue weighted by molar-refractivity contribution is 4.79. The van der Waals surface area contributed by atoms with Crippen LogP contribution >= 0.6 is 0 Å². The van der Waals surface area contributed by atoms with Crippen molar-refractivity contribution in [2.24, 2.45) is 0 Å². The van der Waals surface area contributed by atoms with Gasteiger partial charge in [0.2, 0.25) is 0 Å². The highest BCUT2D eigenvalue weighted by atomic mass is 15.1. The van der Waals surface area contributed by atoms with Crippen LogP contribution in [0.2, 0.25) is 0 Å². The second kappa shape index (κ2) is 3.91. The summed E-state index contributed by atoms with van der Waals surface area (Å²) >= 11 is 0. The summed E-state index contributed by atoms with van der Waals surface area (Å²) in [6, 6.07) is 2.14. The first kappa shape index (κ1) is 8.79. The summed E-state index contributed by atoms with van der Waals surface area (Å²) in [5, 5.41) is 8.41. The molecular weight excluding hydrogens is 150 g/mol. The van der Waals surface area contributed by atoms with Crippen molar-refractivity contribution in [1.82, 2.24) is 4.57 Å². The van der Waals surface area contributed by atoms with Crippen LogP contribution in [-0.2, 0) is 13.1 Å². The molecule has 64 valence electrons. The van der Waals surface area contributed by atoms with Gasteiger partial charge in [-0.1, -0.05) is 0 Å². The van der Waals surface area contributed by atoms with Gasteiger partial charge in [-0.05, 0) is 6.92 Å². The number of nitrogens with zero attached hydrogens (tertiary/aromatic N) is 3. The van der Waals surface area contributed by atoms with Gasteiger partial charge in [0.05, 0.1) is 19.0 Å². The van der Waals surface area contributed by atoms with Crippen molar-refractivity contribution in [2.75, 3.05) is 0 Å². The smallest absolute Gasteiger partial charge is 0.235 e. The van der Waals surface area contributed by atoms with Gasteiger partial charge in [0.15, 0.2) is 0 Å². The minimum Gasteiger partial charge on any atom is -0.235 e. The molecule has 0 bridgehead atoms. The van der Waals surface area contributed by atoms with Crippen molar-refractivity contribution in [3.8, 4) is 6.07 Å². The summed E-state index contributed by atoms with van der Waals surface area (Å²) < 4.78 is 4.27. The van der Waals surface area contributed by atoms with Crippen LogP contribution in [0.4, 0.5) is 0 Å². The second-order valence-corrected chi connectivity index (χ2v) is 2.73. The number of nitriles is 1. The Bertz CT molecular complexity index is 293. The Kier molecular flexibility index (Phi) is 2.87. The molecule has 0 radical (unpaired) electrons. The highest BCUT2D eigenvalue weighted by Crippen LogP contribution is 1.93. The molecule has 0 fully saturated rings. The zero-order valence-electron chi connectivity index (χ0n) is 7.62. The third-order valence-electron chi connectivity index (χ3n) is 2.06. The van der Waals surface area contributed by atoms with Gasteiger partial charge >= 0.3 is 0 Å². The van der Waals surface area contributed by atoms with E-state index in [1.165, 1.54) is 5.82 Å². The Balaban J connectivity index is 2.74. The Morgan fingerprint density at radius 1 is 1.67 bits per heavy atom. The topological polar surface area (TPSA) is 32.6 Å². The molecule has 0 saturated carbocycles. The maximum Gasteiger partial charge on any atom is 0.253 e. The molecule has 0 spiro atoms. The van der Waals surface area contributed by atoms with E-state index >= 15 is 0 Å². The Morgan fingerprint density at radius 3 is 2.92 bits per heavy atom. The number of hydrogen-bond acceptors (Lipinski definition) is 1. The SMILES string of the molecule is CCn1cc[n+](CCC#N)c1C. The fourth-order valence-corrected chi connectivity index (χ4v) is 1.28. The zero-order chi connectivity index (χ0) is 8.97. The van der Waals surface area contributed by atoms with Crippen LogP contribution in [-0.4, -0.2) is 4.57 Å². The lowest BCUT2D eigenvalue weighted by atomic mass is 10.4. The number of aryl methyl sites for hydroxylation is 2. The first-order valence-electron chi connectivity index (χ1n) is 4.21. The molecule has 0 atom stereocenters. The van der Waals surface area contributed by atoms with E-state index in [-0.39, 0.29) is 0 Å². The molecular formula is C9H14N3+. The number of aromatic nitrogens is 2. The predicted molar refractivity (Wildman–Crippen MR) is 45.3 cm³/mol. The van der Waals surface area contributed by atoms with E-state index in [9.17, 15) is 0 Å². The summed E-state index contributed by atoms with van der Waals surface area (Å²) in [4.78, 5) is 0. The lowest BCUT2D eigenvalue weighted by Crippen LogP contribution is -2.35. The maximum atomic E-state index is 8.41. The fraction of sp³-hybridized carbons (Fsp3) is 0.556. The van der Waals surface area contributed by atoms with E-state index in [1.54, 1.807) is 0 Å². The normalized spacial score (nSPS) is 9.75. The van der Waals surface area contributed by atoms with Gasteiger partial charge < -0.3 is 0 Å². The minimum atomic E-state index is 0.583. The largest absolute Gasteiger partial charge is 0.253 e. The van der Waals surface area contributed by atoms with E-state index in [1.807, 2.05) is 12.4 Å². The third-order valence-corrected chi connectivity index (χ3v) is 2.06. The van der Waals surface area contributed by atoms with Crippen molar-refractivity contribution in [3.63, 3.8) is 0 Å². The maximum absolute atomic E-state index is 8.41. The number of hydrogen-bond donors (Lipinski definition) is 0. The molecule has 1 heterocycles. The van der Waals surface area contributed by atoms with E-state index in [0.29, 0.717) is 6.42 Å². The van der Waals surface area contributed by atoms with Gasteiger partial charge in [-0.2, -0.15) is 5.26 Å². The van der Waals surface area contributed by atoms with Crippen molar-refractivity contribution in [1.29, 1.82) is 5.26 Å². The lowest BCUT2D eigenvalue weighted by molar-refractivity contribution is -0.701. The molecule has 3 nitrogen and oxygen atoms in total. The van der Waals surface area contributed by atoms with E-state index < -0.39 is 0 Å². The minimum absolute atomic E-state index is 0.583. The molecule has 12 heavy (non-hydrogen) atoms. The molecule has 0 amide bonds. The van der Waals surface area contributed by atoms with Crippen LogP contribution in [0, 0.1) is 18.3 Å². The van der Waals surface area contributed by atoms with Crippen LogP contribution in [0.5, 0.6) is 0 Å². The molecule has 0 saturated heterocycles. The summed E-state index contributed by atoms with van der Waals surface area (Å²) in [7, 11) is 0. The van der Waals surface area contributed by atoms with Crippen LogP contribution < -0.4 is 4.57 Å². The first-order chi connectivity index (χ1) is 5.79. The van der Waals surface area contributed by atoms with Gasteiger partial charge in [0.1, 0.15) is 18.9 Å². The number of imidazole rings is 1. The standard InChI is InChI=1S/C9H14N3/c1-3-11-7-8-12(9(11)2)6-4-5-10/h7-8H,3-4,6H2,1-2H3/q+1. The molecule has 1 rings (SSSR count). The zero-order valence-corrected chi connectivity index (χ0v) is 7.62. The average Bonchev–Trinajstić information content (AvgIpc) is 2.43. The van der Waals surface area contributed by atoms with Gasteiger partial charge in [0, 0.05) is 6.92 Å².